The first-order chi connectivity index (χ1) is 6.33. The Morgan fingerprint density at radius 3 is 2.92 bits per heavy atom. The second-order valence-electron chi connectivity index (χ2n) is 2.82. The van der Waals surface area contributed by atoms with Crippen molar-refractivity contribution >= 4 is 12.2 Å². The van der Waals surface area contributed by atoms with Gasteiger partial charge in [0.1, 0.15) is 0 Å². The summed E-state index contributed by atoms with van der Waals surface area (Å²) in [5.74, 6) is 0. The molecule has 0 spiro atoms. The molecule has 0 aliphatic rings. The van der Waals surface area contributed by atoms with Gasteiger partial charge in [0.15, 0.2) is 0 Å². The number of nitrogens with one attached hydrogen (secondary N) is 1. The normalized spacial score (nSPS) is 10.9. The molecule has 1 rings (SSSR count). The molecule has 0 fully saturated rings. The number of aliphatic hydroxyl groups excluding tert-OH is 1. The van der Waals surface area contributed by atoms with Crippen LogP contribution in [-0.4, -0.2) is 16.7 Å². The molecule has 1 aromatic heterocycles. The zero-order chi connectivity index (χ0) is 9.68. The summed E-state index contributed by atoms with van der Waals surface area (Å²) in [6, 6.07) is 0. The van der Waals surface area contributed by atoms with Crippen LogP contribution in [0.2, 0.25) is 0 Å². The minimum absolute atomic E-state index is 0.175. The molecule has 0 unspecified atom stereocenters. The van der Waals surface area contributed by atoms with Crippen LogP contribution in [0, 0.1) is 0 Å². The summed E-state index contributed by atoms with van der Waals surface area (Å²) in [4.78, 5) is 3.14. The summed E-state index contributed by atoms with van der Waals surface area (Å²) in [5.41, 5.74) is 3.26. The zero-order valence-electron chi connectivity index (χ0n) is 7.88. The van der Waals surface area contributed by atoms with Crippen LogP contribution in [0.1, 0.15) is 23.7 Å². The van der Waals surface area contributed by atoms with E-state index in [4.69, 9.17) is 5.11 Å². The van der Waals surface area contributed by atoms with Gasteiger partial charge in [-0.15, -0.1) is 0 Å². The van der Waals surface area contributed by atoms with Gasteiger partial charge in [-0.2, -0.15) is 0 Å². The average molecular weight is 177 g/mol. The highest BCUT2D eigenvalue weighted by Gasteiger charge is 2.04. The molecule has 2 heteroatoms. The molecule has 0 amide bonds. The molecule has 0 radical (unpaired) electrons. The monoisotopic (exact) mass is 177 g/mol. The Labute approximate surface area is 78.6 Å². The fraction of sp³-hybridized carbons (Fsp3) is 0.273. The molecular weight excluding hydrogens is 162 g/mol. The van der Waals surface area contributed by atoms with Crippen molar-refractivity contribution in [2.75, 3.05) is 6.61 Å². The van der Waals surface area contributed by atoms with Gasteiger partial charge >= 0.3 is 0 Å². The number of hydrogen-bond donors (Lipinski definition) is 2. The second kappa shape index (κ2) is 4.67. The maximum atomic E-state index is 8.81. The topological polar surface area (TPSA) is 36.0 Å². The Hall–Kier alpha value is -1.28. The van der Waals surface area contributed by atoms with Crippen LogP contribution in [0.3, 0.4) is 0 Å². The van der Waals surface area contributed by atoms with Crippen LogP contribution in [0.15, 0.2) is 18.9 Å². The van der Waals surface area contributed by atoms with Gasteiger partial charge in [0.25, 0.3) is 0 Å². The van der Waals surface area contributed by atoms with E-state index in [9.17, 15) is 0 Å². The summed E-state index contributed by atoms with van der Waals surface area (Å²) in [6.45, 7) is 5.90. The average Bonchev–Trinajstić information content (AvgIpc) is 2.49. The molecule has 0 saturated heterocycles. The largest absolute Gasteiger partial charge is 0.396 e. The third-order valence-electron chi connectivity index (χ3n) is 1.96. The highest BCUT2D eigenvalue weighted by molar-refractivity contribution is 5.64. The smallest absolute Gasteiger partial charge is 0.0472 e. The first kappa shape index (κ1) is 9.81. The molecule has 1 aromatic rings. The number of aromatic nitrogens is 1. The van der Waals surface area contributed by atoms with E-state index in [2.05, 4.69) is 11.6 Å². The van der Waals surface area contributed by atoms with Gasteiger partial charge in [0.05, 0.1) is 0 Å². The van der Waals surface area contributed by atoms with Crippen LogP contribution in [0.4, 0.5) is 0 Å². The lowest BCUT2D eigenvalue weighted by molar-refractivity contribution is 0.299. The standard InChI is InChI=1S/C11H15NO/c1-3-5-11-10(4-2)9(6-7-13)8-12-11/h3-5,8,12-13H,2,6-7H2,1H3/b5-3-. The molecule has 0 aliphatic heterocycles. The summed E-state index contributed by atoms with van der Waals surface area (Å²) in [5, 5.41) is 8.81. The summed E-state index contributed by atoms with van der Waals surface area (Å²) in [7, 11) is 0. The quantitative estimate of drug-likeness (QED) is 0.726. The molecule has 0 bridgehead atoms. The number of aromatic amines is 1. The van der Waals surface area contributed by atoms with Crippen molar-refractivity contribution in [1.29, 1.82) is 0 Å². The summed E-state index contributed by atoms with van der Waals surface area (Å²) >= 11 is 0. The van der Waals surface area contributed by atoms with Crippen molar-refractivity contribution < 1.29 is 5.11 Å². The number of hydrogen-bond acceptors (Lipinski definition) is 1. The highest BCUT2D eigenvalue weighted by Crippen LogP contribution is 2.17. The van der Waals surface area contributed by atoms with Gasteiger partial charge in [-0.05, 0) is 25.0 Å². The highest BCUT2D eigenvalue weighted by atomic mass is 16.2. The van der Waals surface area contributed by atoms with E-state index in [1.165, 1.54) is 0 Å². The number of aliphatic hydroxyl groups is 1. The van der Waals surface area contributed by atoms with E-state index in [1.54, 1.807) is 0 Å². The van der Waals surface area contributed by atoms with Gasteiger partial charge in [-0.1, -0.05) is 18.7 Å². The van der Waals surface area contributed by atoms with Crippen molar-refractivity contribution in [3.8, 4) is 0 Å². The van der Waals surface area contributed by atoms with Gasteiger partial charge < -0.3 is 10.1 Å². The van der Waals surface area contributed by atoms with E-state index >= 15 is 0 Å². The van der Waals surface area contributed by atoms with Crippen LogP contribution in [-0.2, 0) is 6.42 Å². The third kappa shape index (κ3) is 2.10. The van der Waals surface area contributed by atoms with E-state index in [0.29, 0.717) is 6.42 Å². The predicted molar refractivity (Wildman–Crippen MR) is 56.4 cm³/mol. The molecule has 0 aliphatic carbocycles. The maximum absolute atomic E-state index is 8.81. The molecule has 13 heavy (non-hydrogen) atoms. The molecular formula is C11H15NO. The Bertz CT molecular complexity index is 310. The number of rotatable bonds is 4. The van der Waals surface area contributed by atoms with Crippen LogP contribution < -0.4 is 0 Å². The van der Waals surface area contributed by atoms with Crippen molar-refractivity contribution in [2.45, 2.75) is 13.3 Å². The Morgan fingerprint density at radius 2 is 2.38 bits per heavy atom. The molecule has 70 valence electrons. The van der Waals surface area contributed by atoms with E-state index in [1.807, 2.05) is 31.3 Å². The van der Waals surface area contributed by atoms with E-state index in [0.717, 1.165) is 16.8 Å². The van der Waals surface area contributed by atoms with Crippen LogP contribution in [0.5, 0.6) is 0 Å². The Kier molecular flexibility index (Phi) is 3.53. The molecule has 2 nitrogen and oxygen atoms in total. The number of allylic oxidation sites excluding steroid dienone is 1. The lowest BCUT2D eigenvalue weighted by Crippen LogP contribution is -1.90. The van der Waals surface area contributed by atoms with Crippen LogP contribution >= 0.6 is 0 Å². The van der Waals surface area contributed by atoms with Gasteiger partial charge in [-0.3, -0.25) is 0 Å². The molecule has 1 heterocycles. The fourth-order valence-electron chi connectivity index (χ4n) is 1.37. The summed E-state index contributed by atoms with van der Waals surface area (Å²) in [6.07, 6.45) is 8.38. The van der Waals surface area contributed by atoms with E-state index < -0.39 is 0 Å². The minimum Gasteiger partial charge on any atom is -0.396 e. The molecule has 2 N–H and O–H groups in total. The molecule has 0 aromatic carbocycles. The SMILES string of the molecule is C=Cc1c(CCO)c[nH]c1/C=C\C. The zero-order valence-corrected chi connectivity index (χ0v) is 7.88. The predicted octanol–water partition coefficient (Wildman–Crippen LogP) is 2.23. The minimum atomic E-state index is 0.175. The Balaban J connectivity index is 3.02. The lowest BCUT2D eigenvalue weighted by atomic mass is 10.1. The third-order valence-corrected chi connectivity index (χ3v) is 1.96. The van der Waals surface area contributed by atoms with Gasteiger partial charge in [0.2, 0.25) is 0 Å². The van der Waals surface area contributed by atoms with Crippen molar-refractivity contribution in [3.05, 3.63) is 35.7 Å². The van der Waals surface area contributed by atoms with Crippen LogP contribution in [0.25, 0.3) is 12.2 Å². The molecule has 0 atom stereocenters. The number of H-pyrrole nitrogens is 1. The fourth-order valence-corrected chi connectivity index (χ4v) is 1.37. The van der Waals surface area contributed by atoms with Crippen molar-refractivity contribution in [3.63, 3.8) is 0 Å². The summed E-state index contributed by atoms with van der Waals surface area (Å²) < 4.78 is 0. The van der Waals surface area contributed by atoms with Gasteiger partial charge in [-0.25, -0.2) is 0 Å². The lowest BCUT2D eigenvalue weighted by Gasteiger charge is -1.96. The maximum Gasteiger partial charge on any atom is 0.0472 e. The van der Waals surface area contributed by atoms with E-state index in [-0.39, 0.29) is 6.61 Å². The van der Waals surface area contributed by atoms with Crippen molar-refractivity contribution in [2.24, 2.45) is 0 Å². The first-order valence-electron chi connectivity index (χ1n) is 4.39. The second-order valence-corrected chi connectivity index (χ2v) is 2.82. The van der Waals surface area contributed by atoms with Gasteiger partial charge in [0, 0.05) is 24.1 Å². The Morgan fingerprint density at radius 1 is 1.62 bits per heavy atom. The first-order valence-corrected chi connectivity index (χ1v) is 4.39. The van der Waals surface area contributed by atoms with Crippen molar-refractivity contribution in [1.82, 2.24) is 4.98 Å². The molecule has 0 saturated carbocycles.